The van der Waals surface area contributed by atoms with Gasteiger partial charge in [0.25, 0.3) is 0 Å². The van der Waals surface area contributed by atoms with Crippen LogP contribution in [0, 0.1) is 6.92 Å². The van der Waals surface area contributed by atoms with Gasteiger partial charge in [-0.3, -0.25) is 0 Å². The van der Waals surface area contributed by atoms with Crippen molar-refractivity contribution in [2.45, 2.75) is 45.2 Å². The molecule has 1 saturated carbocycles. The number of hydrogen-bond donors (Lipinski definition) is 1. The van der Waals surface area contributed by atoms with Crippen LogP contribution in [0.3, 0.4) is 0 Å². The third-order valence-electron chi connectivity index (χ3n) is 4.15. The van der Waals surface area contributed by atoms with Gasteiger partial charge in [0.15, 0.2) is 0 Å². The van der Waals surface area contributed by atoms with Gasteiger partial charge < -0.3 is 10.2 Å². The highest BCUT2D eigenvalue weighted by Gasteiger charge is 2.18. The Labute approximate surface area is 125 Å². The first kappa shape index (κ1) is 15.0. The number of aryl methyl sites for hydroxylation is 1. The van der Waals surface area contributed by atoms with E-state index in [4.69, 9.17) is 0 Å². The second-order valence-electron chi connectivity index (χ2n) is 5.68. The minimum atomic E-state index is 0.829. The van der Waals surface area contributed by atoms with Crippen molar-refractivity contribution >= 4 is 15.9 Å². The van der Waals surface area contributed by atoms with E-state index in [1.54, 1.807) is 0 Å². The molecule has 0 atom stereocenters. The van der Waals surface area contributed by atoms with E-state index >= 15 is 0 Å². The highest BCUT2D eigenvalue weighted by atomic mass is 79.9. The Balaban J connectivity index is 1.67. The first-order chi connectivity index (χ1) is 9.16. The van der Waals surface area contributed by atoms with Crippen molar-refractivity contribution in [3.05, 3.63) is 33.8 Å². The molecule has 0 aliphatic heterocycles. The summed E-state index contributed by atoms with van der Waals surface area (Å²) in [4.78, 5) is 2.52. The largest absolute Gasteiger partial charge is 0.311 e. The summed E-state index contributed by atoms with van der Waals surface area (Å²) in [6, 6.07) is 7.41. The van der Waals surface area contributed by atoms with Crippen LogP contribution in [0.4, 0.5) is 0 Å². The quantitative estimate of drug-likeness (QED) is 0.802. The smallest absolute Gasteiger partial charge is 0.0207 e. The standard InChI is InChI=1S/C16H25BrN2/c1-13-7-8-14(11-16(13)17)12-18-9-10-19(2)15-5-3-4-6-15/h7-8,11,15,18H,3-6,9-10,12H2,1-2H3. The van der Waals surface area contributed by atoms with E-state index in [-0.39, 0.29) is 0 Å². The predicted molar refractivity (Wildman–Crippen MR) is 85.5 cm³/mol. The molecule has 1 aromatic carbocycles. The van der Waals surface area contributed by atoms with Crippen molar-refractivity contribution in [2.24, 2.45) is 0 Å². The lowest BCUT2D eigenvalue weighted by Crippen LogP contribution is -2.35. The molecule has 2 rings (SSSR count). The first-order valence-electron chi connectivity index (χ1n) is 7.33. The normalized spacial score (nSPS) is 16.4. The average Bonchev–Trinajstić information content (AvgIpc) is 2.92. The maximum atomic E-state index is 3.59. The molecule has 0 heterocycles. The molecule has 0 amide bonds. The Morgan fingerprint density at radius 1 is 1.32 bits per heavy atom. The van der Waals surface area contributed by atoms with Crippen molar-refractivity contribution in [1.29, 1.82) is 0 Å². The lowest BCUT2D eigenvalue weighted by Gasteiger charge is -2.24. The van der Waals surface area contributed by atoms with Gasteiger partial charge in [-0.1, -0.05) is 40.9 Å². The van der Waals surface area contributed by atoms with Crippen molar-refractivity contribution in [2.75, 3.05) is 20.1 Å². The number of benzene rings is 1. The molecule has 106 valence electrons. The summed E-state index contributed by atoms with van der Waals surface area (Å²) in [7, 11) is 2.26. The van der Waals surface area contributed by atoms with E-state index in [0.717, 1.165) is 25.7 Å². The van der Waals surface area contributed by atoms with Crippen LogP contribution in [0.2, 0.25) is 0 Å². The Morgan fingerprint density at radius 3 is 2.74 bits per heavy atom. The van der Waals surface area contributed by atoms with Crippen LogP contribution in [0.15, 0.2) is 22.7 Å². The fourth-order valence-electron chi connectivity index (χ4n) is 2.76. The second-order valence-corrected chi connectivity index (χ2v) is 6.53. The molecule has 1 aliphatic carbocycles. The molecule has 1 N–H and O–H groups in total. The van der Waals surface area contributed by atoms with Crippen LogP contribution in [-0.4, -0.2) is 31.1 Å². The zero-order valence-corrected chi connectivity index (χ0v) is 13.7. The minimum absolute atomic E-state index is 0.829. The molecule has 19 heavy (non-hydrogen) atoms. The van der Waals surface area contributed by atoms with Crippen LogP contribution in [0.25, 0.3) is 0 Å². The summed E-state index contributed by atoms with van der Waals surface area (Å²) in [6.07, 6.45) is 5.61. The molecule has 2 nitrogen and oxygen atoms in total. The van der Waals surface area contributed by atoms with Gasteiger partial charge >= 0.3 is 0 Å². The monoisotopic (exact) mass is 324 g/mol. The summed E-state index contributed by atoms with van der Waals surface area (Å²) >= 11 is 3.59. The van der Waals surface area contributed by atoms with Crippen LogP contribution in [0.5, 0.6) is 0 Å². The summed E-state index contributed by atoms with van der Waals surface area (Å²) < 4.78 is 1.20. The molecule has 0 unspecified atom stereocenters. The predicted octanol–water partition coefficient (Wildman–Crippen LogP) is 3.72. The van der Waals surface area contributed by atoms with Gasteiger partial charge in [-0.25, -0.2) is 0 Å². The van der Waals surface area contributed by atoms with E-state index in [1.165, 1.54) is 41.3 Å². The maximum Gasteiger partial charge on any atom is 0.0207 e. The van der Waals surface area contributed by atoms with E-state index in [1.807, 2.05) is 0 Å². The summed E-state index contributed by atoms with van der Waals surface area (Å²) in [6.45, 7) is 5.30. The number of halogens is 1. The van der Waals surface area contributed by atoms with Crippen molar-refractivity contribution in [3.8, 4) is 0 Å². The molecule has 0 bridgehead atoms. The molecule has 1 aromatic rings. The lowest BCUT2D eigenvalue weighted by atomic mass is 10.1. The fourth-order valence-corrected chi connectivity index (χ4v) is 3.19. The third kappa shape index (κ3) is 4.59. The number of nitrogens with one attached hydrogen (secondary N) is 1. The zero-order chi connectivity index (χ0) is 13.7. The van der Waals surface area contributed by atoms with Crippen LogP contribution in [0.1, 0.15) is 36.8 Å². The van der Waals surface area contributed by atoms with Gasteiger partial charge in [0.05, 0.1) is 0 Å². The van der Waals surface area contributed by atoms with Gasteiger partial charge in [0.2, 0.25) is 0 Å². The highest BCUT2D eigenvalue weighted by Crippen LogP contribution is 2.21. The lowest BCUT2D eigenvalue weighted by molar-refractivity contribution is 0.245. The molecular formula is C16H25BrN2. The molecule has 1 fully saturated rings. The van der Waals surface area contributed by atoms with E-state index < -0.39 is 0 Å². The maximum absolute atomic E-state index is 3.59. The summed E-state index contributed by atoms with van der Waals surface area (Å²) in [5.74, 6) is 0. The van der Waals surface area contributed by atoms with Crippen molar-refractivity contribution < 1.29 is 0 Å². The Morgan fingerprint density at radius 2 is 2.05 bits per heavy atom. The third-order valence-corrected chi connectivity index (χ3v) is 5.01. The molecule has 0 radical (unpaired) electrons. The topological polar surface area (TPSA) is 15.3 Å². The van der Waals surface area contributed by atoms with Crippen molar-refractivity contribution in [3.63, 3.8) is 0 Å². The molecule has 0 spiro atoms. The van der Waals surface area contributed by atoms with E-state index in [0.29, 0.717) is 0 Å². The first-order valence-corrected chi connectivity index (χ1v) is 8.12. The Kier molecular flexibility index (Phi) is 5.86. The molecule has 1 aliphatic rings. The summed E-state index contributed by atoms with van der Waals surface area (Å²) in [5.41, 5.74) is 2.64. The molecular weight excluding hydrogens is 300 g/mol. The SMILES string of the molecule is Cc1ccc(CNCCN(C)C2CCCC2)cc1Br. The Hall–Kier alpha value is -0.380. The van der Waals surface area contributed by atoms with Crippen LogP contribution in [-0.2, 0) is 6.54 Å². The van der Waals surface area contributed by atoms with Gasteiger partial charge in [0, 0.05) is 30.1 Å². The number of likely N-dealkylation sites (N-methyl/N-ethyl adjacent to an activating group) is 1. The van der Waals surface area contributed by atoms with Gasteiger partial charge in [-0.05, 0) is 44.0 Å². The van der Waals surface area contributed by atoms with Crippen LogP contribution >= 0.6 is 15.9 Å². The number of nitrogens with zero attached hydrogens (tertiary/aromatic N) is 1. The number of hydrogen-bond acceptors (Lipinski definition) is 2. The van der Waals surface area contributed by atoms with E-state index in [9.17, 15) is 0 Å². The van der Waals surface area contributed by atoms with Gasteiger partial charge in [0.1, 0.15) is 0 Å². The molecule has 0 aromatic heterocycles. The second kappa shape index (κ2) is 7.41. The number of rotatable bonds is 6. The van der Waals surface area contributed by atoms with E-state index in [2.05, 4.69) is 58.3 Å². The fraction of sp³-hybridized carbons (Fsp3) is 0.625. The average molecular weight is 325 g/mol. The van der Waals surface area contributed by atoms with Crippen LogP contribution < -0.4 is 5.32 Å². The summed E-state index contributed by atoms with van der Waals surface area (Å²) in [5, 5.41) is 3.54. The minimum Gasteiger partial charge on any atom is -0.311 e. The van der Waals surface area contributed by atoms with Crippen molar-refractivity contribution in [1.82, 2.24) is 10.2 Å². The highest BCUT2D eigenvalue weighted by molar-refractivity contribution is 9.10. The molecule has 0 saturated heterocycles. The zero-order valence-electron chi connectivity index (χ0n) is 12.1. The molecule has 3 heteroatoms. The Bertz CT molecular complexity index is 400. The van der Waals surface area contributed by atoms with Gasteiger partial charge in [-0.2, -0.15) is 0 Å². The van der Waals surface area contributed by atoms with Gasteiger partial charge in [-0.15, -0.1) is 0 Å².